The third-order valence-corrected chi connectivity index (χ3v) is 5.26. The molecule has 0 atom stereocenters. The molecule has 2 N–H and O–H groups in total. The summed E-state index contributed by atoms with van der Waals surface area (Å²) in [5.74, 6) is 0.449. The van der Waals surface area contributed by atoms with Gasteiger partial charge in [-0.15, -0.1) is 11.3 Å². The summed E-state index contributed by atoms with van der Waals surface area (Å²) < 4.78 is 5.43. The molecule has 0 aliphatic carbocycles. The van der Waals surface area contributed by atoms with Crippen LogP contribution in [0.15, 0.2) is 29.6 Å². The van der Waals surface area contributed by atoms with Crippen LogP contribution in [-0.2, 0) is 11.3 Å². The van der Waals surface area contributed by atoms with E-state index in [1.54, 1.807) is 11.3 Å². The molecule has 1 fully saturated rings. The van der Waals surface area contributed by atoms with Crippen molar-refractivity contribution in [2.24, 2.45) is 5.92 Å². The van der Waals surface area contributed by atoms with Crippen LogP contribution in [0, 0.1) is 5.92 Å². The van der Waals surface area contributed by atoms with Crippen molar-refractivity contribution in [2.45, 2.75) is 19.4 Å². The van der Waals surface area contributed by atoms with Gasteiger partial charge in [-0.1, -0.05) is 12.1 Å². The average Bonchev–Trinajstić information content (AvgIpc) is 3.09. The highest BCUT2D eigenvalue weighted by molar-refractivity contribution is 7.13. The van der Waals surface area contributed by atoms with Crippen molar-refractivity contribution in [1.29, 1.82) is 0 Å². The Labute approximate surface area is 158 Å². The van der Waals surface area contributed by atoms with E-state index in [4.69, 9.17) is 4.74 Å². The molecule has 26 heavy (non-hydrogen) atoms. The number of para-hydroxylation sites is 1. The number of piperidine rings is 1. The third kappa shape index (κ3) is 5.27. The van der Waals surface area contributed by atoms with Crippen LogP contribution >= 0.6 is 11.3 Å². The second kappa shape index (κ2) is 9.12. The van der Waals surface area contributed by atoms with E-state index in [0.717, 1.165) is 54.4 Å². The summed E-state index contributed by atoms with van der Waals surface area (Å²) >= 11 is 1.59. The van der Waals surface area contributed by atoms with Gasteiger partial charge < -0.3 is 15.0 Å². The van der Waals surface area contributed by atoms with Gasteiger partial charge in [0.05, 0.1) is 18.0 Å². The molecule has 7 heteroatoms. The van der Waals surface area contributed by atoms with Crippen molar-refractivity contribution in [3.8, 4) is 10.6 Å². The normalized spacial score (nSPS) is 15.2. The molecule has 2 aromatic rings. The Morgan fingerprint density at radius 2 is 2.12 bits per heavy atom. The number of aromatic nitrogens is 1. The van der Waals surface area contributed by atoms with E-state index in [1.807, 2.05) is 38.4 Å². The Bertz CT molecular complexity index is 726. The van der Waals surface area contributed by atoms with E-state index in [-0.39, 0.29) is 0 Å². The number of hydrogen-bond acceptors (Lipinski definition) is 6. The van der Waals surface area contributed by atoms with Crippen molar-refractivity contribution < 1.29 is 9.53 Å². The predicted octanol–water partition coefficient (Wildman–Crippen LogP) is 3.42. The lowest BCUT2D eigenvalue weighted by atomic mass is 9.99. The summed E-state index contributed by atoms with van der Waals surface area (Å²) in [6, 6.07) is 7.71. The number of ether oxygens (including phenoxy) is 1. The van der Waals surface area contributed by atoms with Crippen LogP contribution in [0.25, 0.3) is 10.6 Å². The minimum Gasteiger partial charge on any atom is -0.449 e. The van der Waals surface area contributed by atoms with Gasteiger partial charge in [0.2, 0.25) is 0 Å². The van der Waals surface area contributed by atoms with Crippen molar-refractivity contribution >= 4 is 23.1 Å². The molecule has 1 aliphatic heterocycles. The van der Waals surface area contributed by atoms with Crippen LogP contribution in [0.1, 0.15) is 18.5 Å². The Hall–Kier alpha value is -1.96. The van der Waals surface area contributed by atoms with Crippen LogP contribution in [0.2, 0.25) is 0 Å². The van der Waals surface area contributed by atoms with Crippen molar-refractivity contribution in [3.63, 3.8) is 0 Å². The summed E-state index contributed by atoms with van der Waals surface area (Å²) in [5, 5.41) is 9.15. The van der Waals surface area contributed by atoms with Crippen molar-refractivity contribution in [1.82, 2.24) is 15.2 Å². The summed E-state index contributed by atoms with van der Waals surface area (Å²) in [5.41, 5.74) is 2.67. The second-order valence-corrected chi connectivity index (χ2v) is 7.70. The van der Waals surface area contributed by atoms with Gasteiger partial charge in [0, 0.05) is 17.5 Å². The third-order valence-electron chi connectivity index (χ3n) is 4.33. The Balaban J connectivity index is 1.63. The van der Waals surface area contributed by atoms with Gasteiger partial charge in [0.1, 0.15) is 5.01 Å². The number of thiazole rings is 1. The zero-order chi connectivity index (χ0) is 18.4. The van der Waals surface area contributed by atoms with Gasteiger partial charge in [-0.2, -0.15) is 0 Å². The zero-order valence-electron chi connectivity index (χ0n) is 15.3. The highest BCUT2D eigenvalue weighted by atomic mass is 32.1. The zero-order valence-corrected chi connectivity index (χ0v) is 16.1. The fourth-order valence-corrected chi connectivity index (χ4v) is 3.84. The summed E-state index contributed by atoms with van der Waals surface area (Å²) in [7, 11) is 4.04. The van der Waals surface area contributed by atoms with E-state index < -0.39 is 6.09 Å². The highest BCUT2D eigenvalue weighted by Gasteiger charge is 2.16. The standard InChI is InChI=1S/C19H26N4O2S/c1-23(2)11-15-13-26-18(21-15)16-5-3-4-6-17(16)22-19(24)25-12-14-7-9-20-10-8-14/h3-6,13-14,20H,7-12H2,1-2H3,(H,22,24). The Morgan fingerprint density at radius 3 is 2.88 bits per heavy atom. The fourth-order valence-electron chi connectivity index (χ4n) is 2.99. The maximum absolute atomic E-state index is 12.2. The predicted molar refractivity (Wildman–Crippen MR) is 106 cm³/mol. The number of carbonyl (C=O) groups excluding carboxylic acids is 1. The Morgan fingerprint density at radius 1 is 1.35 bits per heavy atom. The number of benzene rings is 1. The first kappa shape index (κ1) is 18.8. The number of nitrogens with zero attached hydrogens (tertiary/aromatic N) is 2. The lowest BCUT2D eigenvalue weighted by molar-refractivity contribution is 0.131. The summed E-state index contributed by atoms with van der Waals surface area (Å²) in [6.07, 6.45) is 1.70. The van der Waals surface area contributed by atoms with E-state index in [1.165, 1.54) is 0 Å². The molecule has 140 valence electrons. The molecule has 1 saturated heterocycles. The number of anilines is 1. The maximum Gasteiger partial charge on any atom is 0.411 e. The summed E-state index contributed by atoms with van der Waals surface area (Å²) in [4.78, 5) is 19.0. The van der Waals surface area contributed by atoms with Gasteiger partial charge in [-0.25, -0.2) is 9.78 Å². The van der Waals surface area contributed by atoms with Crippen molar-refractivity contribution in [3.05, 3.63) is 35.3 Å². The number of carbonyl (C=O) groups is 1. The van der Waals surface area contributed by atoms with E-state index >= 15 is 0 Å². The lowest BCUT2D eigenvalue weighted by Crippen LogP contribution is -2.31. The first-order valence-electron chi connectivity index (χ1n) is 8.95. The van der Waals surface area contributed by atoms with E-state index in [9.17, 15) is 4.79 Å². The Kier molecular flexibility index (Phi) is 6.60. The molecule has 1 amide bonds. The largest absolute Gasteiger partial charge is 0.449 e. The molecule has 0 unspecified atom stereocenters. The molecule has 0 spiro atoms. The smallest absolute Gasteiger partial charge is 0.411 e. The van der Waals surface area contributed by atoms with Gasteiger partial charge in [0.15, 0.2) is 0 Å². The molecule has 6 nitrogen and oxygen atoms in total. The molecular formula is C19H26N4O2S. The molecule has 1 aliphatic rings. The minimum atomic E-state index is -0.402. The highest BCUT2D eigenvalue weighted by Crippen LogP contribution is 2.31. The number of hydrogen-bond donors (Lipinski definition) is 2. The van der Waals surface area contributed by atoms with Gasteiger partial charge in [0.25, 0.3) is 0 Å². The topological polar surface area (TPSA) is 66.5 Å². The van der Waals surface area contributed by atoms with Crippen LogP contribution < -0.4 is 10.6 Å². The molecule has 2 heterocycles. The number of nitrogens with one attached hydrogen (secondary N) is 2. The molecule has 0 radical (unpaired) electrons. The number of amides is 1. The van der Waals surface area contributed by atoms with Crippen LogP contribution in [0.3, 0.4) is 0 Å². The first-order chi connectivity index (χ1) is 12.6. The first-order valence-corrected chi connectivity index (χ1v) is 9.83. The second-order valence-electron chi connectivity index (χ2n) is 6.84. The monoisotopic (exact) mass is 374 g/mol. The SMILES string of the molecule is CN(C)Cc1csc(-c2ccccc2NC(=O)OCC2CCNCC2)n1. The molecule has 0 saturated carbocycles. The van der Waals surface area contributed by atoms with E-state index in [2.05, 4.69) is 25.9 Å². The van der Waals surface area contributed by atoms with Gasteiger partial charge in [-0.3, -0.25) is 5.32 Å². The van der Waals surface area contributed by atoms with Gasteiger partial charge >= 0.3 is 6.09 Å². The van der Waals surface area contributed by atoms with Crippen LogP contribution in [0.4, 0.5) is 10.5 Å². The van der Waals surface area contributed by atoms with Crippen molar-refractivity contribution in [2.75, 3.05) is 39.1 Å². The lowest BCUT2D eigenvalue weighted by Gasteiger charge is -2.22. The fraction of sp³-hybridized carbons (Fsp3) is 0.474. The quantitative estimate of drug-likeness (QED) is 0.811. The van der Waals surface area contributed by atoms with Gasteiger partial charge in [-0.05, 0) is 58.1 Å². The molecule has 1 aromatic carbocycles. The van der Waals surface area contributed by atoms with Crippen LogP contribution in [-0.4, -0.2) is 49.8 Å². The molecule has 1 aromatic heterocycles. The molecule has 3 rings (SSSR count). The average molecular weight is 375 g/mol. The molecule has 0 bridgehead atoms. The number of rotatable bonds is 6. The molecular weight excluding hydrogens is 348 g/mol. The van der Waals surface area contributed by atoms with E-state index in [0.29, 0.717) is 12.5 Å². The van der Waals surface area contributed by atoms with Crippen LogP contribution in [0.5, 0.6) is 0 Å². The summed E-state index contributed by atoms with van der Waals surface area (Å²) in [6.45, 7) is 3.26. The minimum absolute atomic E-state index is 0.402. The maximum atomic E-state index is 12.2.